The molecule has 0 radical (unpaired) electrons. The van der Waals surface area contributed by atoms with Gasteiger partial charge < -0.3 is 5.11 Å². The second-order valence-electron chi connectivity index (χ2n) is 5.61. The van der Waals surface area contributed by atoms with Crippen LogP contribution in [0, 0.1) is 16.7 Å². The second kappa shape index (κ2) is 2.25. The maximum atomic E-state index is 10.0. The summed E-state index contributed by atoms with van der Waals surface area (Å²) in [5, 5.41) is 10.0. The van der Waals surface area contributed by atoms with Gasteiger partial charge in [0.05, 0.1) is 6.10 Å². The Morgan fingerprint density at radius 3 is 2.33 bits per heavy atom. The highest BCUT2D eigenvalue weighted by Crippen LogP contribution is 2.70. The molecule has 2 aliphatic carbocycles. The molecule has 1 heteroatoms. The van der Waals surface area contributed by atoms with Crippen molar-refractivity contribution in [1.29, 1.82) is 0 Å². The smallest absolute Gasteiger partial charge is 0.0604 e. The molecule has 0 amide bonds. The zero-order valence-corrected chi connectivity index (χ0v) is 8.43. The first-order valence-corrected chi connectivity index (χ1v) is 5.16. The highest BCUT2D eigenvalue weighted by atomic mass is 16.3. The van der Waals surface area contributed by atoms with Gasteiger partial charge in [0.1, 0.15) is 0 Å². The van der Waals surface area contributed by atoms with Gasteiger partial charge in [0, 0.05) is 5.41 Å². The van der Waals surface area contributed by atoms with E-state index in [2.05, 4.69) is 20.8 Å². The van der Waals surface area contributed by atoms with Crippen molar-refractivity contribution in [3.8, 4) is 0 Å². The normalized spacial score (nSPS) is 51.0. The van der Waals surface area contributed by atoms with Gasteiger partial charge in [-0.2, -0.15) is 0 Å². The first-order valence-electron chi connectivity index (χ1n) is 5.16. The number of hydrogen-bond donors (Lipinski definition) is 1. The third-order valence-corrected chi connectivity index (χ3v) is 4.33. The van der Waals surface area contributed by atoms with Gasteiger partial charge in [-0.1, -0.05) is 20.8 Å². The topological polar surface area (TPSA) is 20.2 Å². The van der Waals surface area contributed by atoms with E-state index in [1.807, 2.05) is 0 Å². The van der Waals surface area contributed by atoms with E-state index in [9.17, 15) is 5.11 Å². The van der Waals surface area contributed by atoms with Crippen molar-refractivity contribution in [3.05, 3.63) is 0 Å². The molecule has 0 aromatic heterocycles. The Kier molecular flexibility index (Phi) is 1.61. The Labute approximate surface area is 75.2 Å². The third-order valence-electron chi connectivity index (χ3n) is 4.33. The van der Waals surface area contributed by atoms with Crippen LogP contribution in [0.5, 0.6) is 0 Å². The van der Waals surface area contributed by atoms with Crippen LogP contribution in [0.25, 0.3) is 0 Å². The number of rotatable bonds is 0. The van der Waals surface area contributed by atoms with Gasteiger partial charge in [0.15, 0.2) is 0 Å². The molecule has 12 heavy (non-hydrogen) atoms. The average molecular weight is 168 g/mol. The monoisotopic (exact) mass is 168 g/mol. The minimum absolute atomic E-state index is 0.0174. The molecule has 2 fully saturated rings. The summed E-state index contributed by atoms with van der Waals surface area (Å²) in [7, 11) is 0. The molecule has 0 heterocycles. The molecule has 3 atom stereocenters. The first-order chi connectivity index (χ1) is 5.48. The maximum absolute atomic E-state index is 10.0. The van der Waals surface area contributed by atoms with Gasteiger partial charge >= 0.3 is 0 Å². The van der Waals surface area contributed by atoms with Crippen molar-refractivity contribution in [2.24, 2.45) is 16.7 Å². The SMILES string of the molecule is CC1CCC2(CC2(C)C)C(O)C1. The molecule has 2 aliphatic rings. The molecule has 0 aliphatic heterocycles. The van der Waals surface area contributed by atoms with Crippen molar-refractivity contribution in [2.45, 2.75) is 52.6 Å². The van der Waals surface area contributed by atoms with Crippen LogP contribution in [-0.2, 0) is 0 Å². The molecular formula is C11H20O. The van der Waals surface area contributed by atoms with E-state index < -0.39 is 0 Å². The van der Waals surface area contributed by atoms with E-state index in [1.165, 1.54) is 19.3 Å². The standard InChI is InChI=1S/C11H20O/c1-8-4-5-11(9(12)6-8)7-10(11,2)3/h8-9,12H,4-7H2,1-3H3. The van der Waals surface area contributed by atoms with Crippen LogP contribution in [-0.4, -0.2) is 11.2 Å². The molecule has 2 saturated carbocycles. The predicted octanol–water partition coefficient (Wildman–Crippen LogP) is 2.58. The van der Waals surface area contributed by atoms with Crippen LogP contribution in [0.2, 0.25) is 0 Å². The summed E-state index contributed by atoms with van der Waals surface area (Å²) in [6.45, 7) is 6.85. The van der Waals surface area contributed by atoms with Crippen LogP contribution in [0.4, 0.5) is 0 Å². The Bertz CT molecular complexity index is 197. The summed E-state index contributed by atoms with van der Waals surface area (Å²) in [5.41, 5.74) is 0.742. The van der Waals surface area contributed by atoms with E-state index in [4.69, 9.17) is 0 Å². The lowest BCUT2D eigenvalue weighted by atomic mass is 9.74. The Morgan fingerprint density at radius 1 is 1.33 bits per heavy atom. The molecule has 1 spiro atoms. The van der Waals surface area contributed by atoms with E-state index in [0.717, 1.165) is 12.3 Å². The van der Waals surface area contributed by atoms with Crippen LogP contribution < -0.4 is 0 Å². The van der Waals surface area contributed by atoms with Crippen molar-refractivity contribution in [3.63, 3.8) is 0 Å². The van der Waals surface area contributed by atoms with Crippen LogP contribution in [0.3, 0.4) is 0 Å². The highest BCUT2D eigenvalue weighted by Gasteiger charge is 2.65. The van der Waals surface area contributed by atoms with E-state index in [0.29, 0.717) is 10.8 Å². The zero-order chi connectivity index (χ0) is 8.98. The van der Waals surface area contributed by atoms with Gasteiger partial charge in [-0.25, -0.2) is 0 Å². The van der Waals surface area contributed by atoms with Crippen molar-refractivity contribution in [2.75, 3.05) is 0 Å². The first kappa shape index (κ1) is 8.55. The third kappa shape index (κ3) is 0.953. The van der Waals surface area contributed by atoms with Gasteiger partial charge in [0.2, 0.25) is 0 Å². The summed E-state index contributed by atoms with van der Waals surface area (Å²) in [6, 6.07) is 0. The van der Waals surface area contributed by atoms with E-state index >= 15 is 0 Å². The molecule has 3 unspecified atom stereocenters. The van der Waals surface area contributed by atoms with Crippen molar-refractivity contribution < 1.29 is 5.11 Å². The molecule has 0 bridgehead atoms. The average Bonchev–Trinajstić information content (AvgIpc) is 2.48. The van der Waals surface area contributed by atoms with Crippen LogP contribution in [0.15, 0.2) is 0 Å². The van der Waals surface area contributed by atoms with Gasteiger partial charge in [-0.05, 0) is 37.0 Å². The van der Waals surface area contributed by atoms with E-state index in [-0.39, 0.29) is 6.10 Å². The minimum Gasteiger partial charge on any atom is -0.393 e. The summed E-state index contributed by atoms with van der Waals surface area (Å²) in [6.07, 6.45) is 4.83. The number of aliphatic hydroxyl groups excluding tert-OH is 1. The molecule has 2 rings (SSSR count). The van der Waals surface area contributed by atoms with Crippen molar-refractivity contribution >= 4 is 0 Å². The Morgan fingerprint density at radius 2 is 1.92 bits per heavy atom. The lowest BCUT2D eigenvalue weighted by Crippen LogP contribution is -2.33. The fourth-order valence-electron chi connectivity index (χ4n) is 3.14. The molecule has 0 saturated heterocycles. The molecule has 0 aromatic carbocycles. The summed E-state index contributed by atoms with van der Waals surface area (Å²) in [4.78, 5) is 0. The van der Waals surface area contributed by atoms with Gasteiger partial charge in [-0.3, -0.25) is 0 Å². The number of aliphatic hydroxyl groups is 1. The zero-order valence-electron chi connectivity index (χ0n) is 8.43. The van der Waals surface area contributed by atoms with Crippen LogP contribution in [0.1, 0.15) is 46.5 Å². The molecule has 1 N–H and O–H groups in total. The largest absolute Gasteiger partial charge is 0.393 e. The lowest BCUT2D eigenvalue weighted by molar-refractivity contribution is 0.0144. The summed E-state index contributed by atoms with van der Waals surface area (Å²) < 4.78 is 0. The minimum atomic E-state index is -0.0174. The summed E-state index contributed by atoms with van der Waals surface area (Å²) in [5.74, 6) is 0.738. The fraction of sp³-hybridized carbons (Fsp3) is 1.00. The lowest BCUT2D eigenvalue weighted by Gasteiger charge is -2.34. The quantitative estimate of drug-likeness (QED) is 0.589. The molecule has 1 nitrogen and oxygen atoms in total. The van der Waals surface area contributed by atoms with E-state index in [1.54, 1.807) is 0 Å². The predicted molar refractivity (Wildman–Crippen MR) is 49.9 cm³/mol. The maximum Gasteiger partial charge on any atom is 0.0604 e. The molecular weight excluding hydrogens is 148 g/mol. The van der Waals surface area contributed by atoms with Gasteiger partial charge in [0.25, 0.3) is 0 Å². The van der Waals surface area contributed by atoms with Gasteiger partial charge in [-0.15, -0.1) is 0 Å². The Balaban J connectivity index is 2.10. The highest BCUT2D eigenvalue weighted by molar-refractivity contribution is 5.14. The Hall–Kier alpha value is -0.0400. The molecule has 0 aromatic rings. The fourth-order valence-corrected chi connectivity index (χ4v) is 3.14. The molecule has 70 valence electrons. The van der Waals surface area contributed by atoms with Crippen molar-refractivity contribution in [1.82, 2.24) is 0 Å². The second-order valence-corrected chi connectivity index (χ2v) is 5.61. The summed E-state index contributed by atoms with van der Waals surface area (Å²) >= 11 is 0. The van der Waals surface area contributed by atoms with Crippen LogP contribution >= 0.6 is 0 Å². The number of hydrogen-bond acceptors (Lipinski definition) is 1.